The molecule has 0 aromatic heterocycles. The highest BCUT2D eigenvalue weighted by atomic mass is 32.2. The Morgan fingerprint density at radius 1 is 1.12 bits per heavy atom. The zero-order chi connectivity index (χ0) is 30.1. The van der Waals surface area contributed by atoms with Crippen molar-refractivity contribution in [3.63, 3.8) is 0 Å². The van der Waals surface area contributed by atoms with Crippen LogP contribution in [-0.4, -0.2) is 51.6 Å². The molecule has 0 unspecified atom stereocenters. The number of halogens is 1. The molecule has 7 nitrogen and oxygen atoms in total. The molecule has 2 aromatic carbocycles. The van der Waals surface area contributed by atoms with Gasteiger partial charge in [0.05, 0.1) is 19.3 Å². The van der Waals surface area contributed by atoms with Gasteiger partial charge in [0.25, 0.3) is 0 Å². The van der Waals surface area contributed by atoms with Crippen LogP contribution in [0.4, 0.5) is 4.39 Å². The van der Waals surface area contributed by atoms with Crippen molar-refractivity contribution >= 4 is 21.5 Å². The second-order valence-electron chi connectivity index (χ2n) is 11.1. The summed E-state index contributed by atoms with van der Waals surface area (Å²) < 4.78 is 47.6. The zero-order valence-electron chi connectivity index (χ0n) is 24.3. The Balaban J connectivity index is 1.31. The molecule has 1 aliphatic heterocycles. The first kappa shape index (κ1) is 31.6. The monoisotopic (exact) mass is 593 g/mol. The number of benzene rings is 2. The number of nitrogens with one attached hydrogen (secondary N) is 2. The largest absolute Gasteiger partial charge is 0.379 e. The molecule has 0 radical (unpaired) electrons. The molecular weight excluding hydrogens is 553 g/mol. The van der Waals surface area contributed by atoms with E-state index in [0.717, 1.165) is 49.5 Å². The van der Waals surface area contributed by atoms with Crippen LogP contribution in [0.1, 0.15) is 62.3 Å². The first-order chi connectivity index (χ1) is 20.1. The number of carbonyl (C=O) groups excluding carboxylic acids is 1. The van der Waals surface area contributed by atoms with E-state index in [1.807, 2.05) is 26.0 Å². The summed E-state index contributed by atoms with van der Waals surface area (Å²) in [6, 6.07) is 13.7. The maximum absolute atomic E-state index is 13.2. The SMILES string of the molecule is C#C/C(=C\C=C(/C)c1cccc(CN2CCOCC2)c1)S(=O)(=O)NC1CCC(C(=O)N[C@H](C)c2ccc(F)cc2)CC1. The van der Waals surface area contributed by atoms with Crippen molar-refractivity contribution in [2.24, 2.45) is 5.92 Å². The fraction of sp³-hybridized carbons (Fsp3) is 0.424. The quantitative estimate of drug-likeness (QED) is 0.301. The Morgan fingerprint density at radius 3 is 2.48 bits per heavy atom. The zero-order valence-corrected chi connectivity index (χ0v) is 25.1. The number of carbonyl (C=O) groups is 1. The van der Waals surface area contributed by atoms with E-state index >= 15 is 0 Å². The summed E-state index contributed by atoms with van der Waals surface area (Å²) in [5.74, 6) is 1.73. The summed E-state index contributed by atoms with van der Waals surface area (Å²) in [4.78, 5) is 15.0. The Hall–Kier alpha value is -3.29. The lowest BCUT2D eigenvalue weighted by Crippen LogP contribution is -2.41. The number of amides is 1. The molecule has 1 saturated heterocycles. The van der Waals surface area contributed by atoms with Crippen molar-refractivity contribution in [2.45, 2.75) is 58.2 Å². The number of rotatable bonds is 10. The molecule has 1 aliphatic carbocycles. The van der Waals surface area contributed by atoms with Gasteiger partial charge >= 0.3 is 0 Å². The van der Waals surface area contributed by atoms with Crippen molar-refractivity contribution in [3.8, 4) is 12.3 Å². The van der Waals surface area contributed by atoms with Crippen LogP contribution in [0.2, 0.25) is 0 Å². The van der Waals surface area contributed by atoms with Crippen LogP contribution in [0.15, 0.2) is 65.6 Å². The number of morpholine rings is 1. The maximum Gasteiger partial charge on any atom is 0.248 e. The fourth-order valence-corrected chi connectivity index (χ4v) is 6.57. The van der Waals surface area contributed by atoms with Gasteiger partial charge in [-0.25, -0.2) is 17.5 Å². The summed E-state index contributed by atoms with van der Waals surface area (Å²) >= 11 is 0. The minimum Gasteiger partial charge on any atom is -0.379 e. The molecular formula is C33H40FN3O4S. The molecule has 2 N–H and O–H groups in total. The van der Waals surface area contributed by atoms with E-state index < -0.39 is 10.0 Å². The first-order valence-electron chi connectivity index (χ1n) is 14.5. The number of allylic oxidation sites excluding steroid dienone is 4. The third kappa shape index (κ3) is 8.85. The highest BCUT2D eigenvalue weighted by Gasteiger charge is 2.30. The van der Waals surface area contributed by atoms with Crippen LogP contribution in [0, 0.1) is 24.1 Å². The van der Waals surface area contributed by atoms with Crippen LogP contribution < -0.4 is 10.0 Å². The third-order valence-corrected chi connectivity index (χ3v) is 9.43. The summed E-state index contributed by atoms with van der Waals surface area (Å²) in [7, 11) is -3.89. The number of ether oxygens (including phenoxy) is 1. The van der Waals surface area contributed by atoms with Crippen LogP contribution >= 0.6 is 0 Å². The summed E-state index contributed by atoms with van der Waals surface area (Å²) in [6.07, 6.45) is 11.0. The summed E-state index contributed by atoms with van der Waals surface area (Å²) in [5.41, 5.74) is 3.92. The van der Waals surface area contributed by atoms with Gasteiger partial charge in [-0.15, -0.1) is 6.42 Å². The molecule has 2 aromatic rings. The van der Waals surface area contributed by atoms with Gasteiger partial charge in [0.15, 0.2) is 0 Å². The summed E-state index contributed by atoms with van der Waals surface area (Å²) in [6.45, 7) is 7.93. The number of sulfonamides is 1. The van der Waals surface area contributed by atoms with Crippen LogP contribution in [0.25, 0.3) is 5.57 Å². The minimum atomic E-state index is -3.89. The minimum absolute atomic E-state index is 0.0769. The Bertz CT molecular complexity index is 1430. The highest BCUT2D eigenvalue weighted by molar-refractivity contribution is 7.93. The molecule has 42 heavy (non-hydrogen) atoms. The average Bonchev–Trinajstić information content (AvgIpc) is 2.98. The number of terminal acetylenes is 1. The van der Waals surface area contributed by atoms with E-state index in [4.69, 9.17) is 11.2 Å². The van der Waals surface area contributed by atoms with Gasteiger partial charge in [-0.3, -0.25) is 9.69 Å². The predicted octanol–water partition coefficient (Wildman–Crippen LogP) is 4.93. The fourth-order valence-electron chi connectivity index (χ4n) is 5.37. The Morgan fingerprint density at radius 2 is 1.81 bits per heavy atom. The Labute approximate surface area is 249 Å². The topological polar surface area (TPSA) is 87.7 Å². The smallest absolute Gasteiger partial charge is 0.248 e. The van der Waals surface area contributed by atoms with Crippen LogP contribution in [0.5, 0.6) is 0 Å². The lowest BCUT2D eigenvalue weighted by atomic mass is 9.85. The van der Waals surface area contributed by atoms with Gasteiger partial charge in [-0.2, -0.15) is 0 Å². The van der Waals surface area contributed by atoms with Crippen molar-refractivity contribution < 1.29 is 22.3 Å². The van der Waals surface area contributed by atoms with Crippen molar-refractivity contribution in [2.75, 3.05) is 26.3 Å². The molecule has 1 saturated carbocycles. The normalized spacial score (nSPS) is 21.4. The standard InChI is InChI=1S/C33H40FN3O4S/c1-4-32(17-8-24(2)29-7-5-6-26(22-29)23-37-18-20-41-21-19-37)42(39,40)36-31-15-11-28(12-16-31)33(38)35-25(3)27-9-13-30(34)14-10-27/h1,5-10,13-14,17,22,25,28,31,36H,11-12,15-16,18-21,23H2,2-3H3,(H,35,38)/b24-8+,32-17+/t25-,28?,31?/m1/s1. The first-order valence-corrected chi connectivity index (χ1v) is 16.0. The van der Waals surface area contributed by atoms with Gasteiger partial charge in [0.1, 0.15) is 10.7 Å². The van der Waals surface area contributed by atoms with E-state index in [0.29, 0.717) is 25.7 Å². The van der Waals surface area contributed by atoms with E-state index in [1.54, 1.807) is 18.2 Å². The maximum atomic E-state index is 13.2. The lowest BCUT2D eigenvalue weighted by molar-refractivity contribution is -0.126. The number of nitrogens with zero attached hydrogens (tertiary/aromatic N) is 1. The molecule has 0 bridgehead atoms. The van der Waals surface area contributed by atoms with Gasteiger partial charge < -0.3 is 10.1 Å². The second kappa shape index (κ2) is 14.7. The van der Waals surface area contributed by atoms with E-state index in [-0.39, 0.29) is 34.6 Å². The molecule has 1 heterocycles. The van der Waals surface area contributed by atoms with Crippen molar-refractivity contribution in [3.05, 3.63) is 88.1 Å². The number of hydrogen-bond donors (Lipinski definition) is 2. The van der Waals surface area contributed by atoms with E-state index in [1.165, 1.54) is 23.8 Å². The summed E-state index contributed by atoms with van der Waals surface area (Å²) in [5, 5.41) is 2.99. The predicted molar refractivity (Wildman–Crippen MR) is 164 cm³/mol. The molecule has 1 amide bonds. The highest BCUT2D eigenvalue weighted by Crippen LogP contribution is 2.27. The van der Waals surface area contributed by atoms with Crippen LogP contribution in [0.3, 0.4) is 0 Å². The Kier molecular flexibility index (Phi) is 11.1. The second-order valence-corrected chi connectivity index (χ2v) is 12.7. The van der Waals surface area contributed by atoms with Gasteiger partial charge in [-0.05, 0) is 80.0 Å². The van der Waals surface area contributed by atoms with Crippen molar-refractivity contribution in [1.82, 2.24) is 14.9 Å². The molecule has 224 valence electrons. The van der Waals surface area contributed by atoms with Crippen molar-refractivity contribution in [1.29, 1.82) is 0 Å². The molecule has 2 aliphatic rings. The number of hydrogen-bond acceptors (Lipinski definition) is 5. The lowest BCUT2D eigenvalue weighted by Gasteiger charge is -2.29. The van der Waals surface area contributed by atoms with Gasteiger partial charge in [0, 0.05) is 31.6 Å². The van der Waals surface area contributed by atoms with Gasteiger partial charge in [0.2, 0.25) is 15.9 Å². The molecule has 1 atom stereocenters. The van der Waals surface area contributed by atoms with Gasteiger partial charge in [-0.1, -0.05) is 48.4 Å². The third-order valence-electron chi connectivity index (χ3n) is 7.96. The van der Waals surface area contributed by atoms with Crippen LogP contribution in [-0.2, 0) is 26.1 Å². The molecule has 0 spiro atoms. The van der Waals surface area contributed by atoms with E-state index in [2.05, 4.69) is 33.0 Å². The molecule has 4 rings (SSSR count). The molecule has 2 fully saturated rings. The van der Waals surface area contributed by atoms with E-state index in [9.17, 15) is 17.6 Å². The average molecular weight is 594 g/mol. The molecule has 9 heteroatoms.